The largest absolute Gasteiger partial charge is 0.353 e. The maximum absolute atomic E-state index is 12.7. The minimum absolute atomic E-state index is 0.238. The SMILES string of the molecule is Cc1ccccc1CC(=O)N1CCCC1c1cccn1C. The molecule has 0 bridgehead atoms. The second kappa shape index (κ2) is 5.76. The number of amides is 1. The van der Waals surface area contributed by atoms with E-state index in [1.807, 2.05) is 12.1 Å². The number of nitrogens with zero attached hydrogens (tertiary/aromatic N) is 2. The quantitative estimate of drug-likeness (QED) is 0.848. The minimum atomic E-state index is 0.238. The topological polar surface area (TPSA) is 25.2 Å². The molecule has 0 N–H and O–H groups in total. The number of hydrogen-bond acceptors (Lipinski definition) is 1. The fourth-order valence-corrected chi connectivity index (χ4v) is 3.27. The van der Waals surface area contributed by atoms with Crippen LogP contribution < -0.4 is 0 Å². The third-order valence-corrected chi connectivity index (χ3v) is 4.50. The first kappa shape index (κ1) is 13.9. The molecule has 3 heteroatoms. The lowest BCUT2D eigenvalue weighted by Crippen LogP contribution is -2.32. The number of benzene rings is 1. The molecule has 0 saturated carbocycles. The molecule has 1 atom stereocenters. The van der Waals surface area contributed by atoms with Gasteiger partial charge in [0, 0.05) is 25.5 Å². The van der Waals surface area contributed by atoms with E-state index < -0.39 is 0 Å². The van der Waals surface area contributed by atoms with Crippen molar-refractivity contribution in [3.8, 4) is 0 Å². The summed E-state index contributed by atoms with van der Waals surface area (Å²) in [6, 6.07) is 12.6. The summed E-state index contributed by atoms with van der Waals surface area (Å²) in [5, 5.41) is 0. The Bertz CT molecular complexity index is 644. The molecule has 1 aliphatic heterocycles. The maximum Gasteiger partial charge on any atom is 0.227 e. The van der Waals surface area contributed by atoms with Gasteiger partial charge in [0.2, 0.25) is 5.91 Å². The first-order chi connectivity index (χ1) is 10.2. The molecule has 2 heterocycles. The molecule has 3 rings (SSSR count). The summed E-state index contributed by atoms with van der Waals surface area (Å²) in [7, 11) is 2.05. The number of aryl methyl sites for hydroxylation is 2. The van der Waals surface area contributed by atoms with Crippen molar-refractivity contribution in [1.82, 2.24) is 9.47 Å². The highest BCUT2D eigenvalue weighted by Crippen LogP contribution is 2.32. The van der Waals surface area contributed by atoms with Crippen molar-refractivity contribution in [2.45, 2.75) is 32.2 Å². The zero-order valence-electron chi connectivity index (χ0n) is 12.7. The molecule has 0 spiro atoms. The number of aromatic nitrogens is 1. The fraction of sp³-hybridized carbons (Fsp3) is 0.389. The van der Waals surface area contributed by atoms with Gasteiger partial charge in [0.1, 0.15) is 0 Å². The molecule has 0 radical (unpaired) electrons. The molecular weight excluding hydrogens is 260 g/mol. The predicted molar refractivity (Wildman–Crippen MR) is 84.0 cm³/mol. The van der Waals surface area contributed by atoms with E-state index in [0.29, 0.717) is 6.42 Å². The summed E-state index contributed by atoms with van der Waals surface area (Å²) >= 11 is 0. The van der Waals surface area contributed by atoms with Crippen LogP contribution in [0.3, 0.4) is 0 Å². The van der Waals surface area contributed by atoms with Crippen molar-refractivity contribution in [2.24, 2.45) is 7.05 Å². The highest BCUT2D eigenvalue weighted by Gasteiger charge is 2.31. The minimum Gasteiger partial charge on any atom is -0.353 e. The van der Waals surface area contributed by atoms with Gasteiger partial charge >= 0.3 is 0 Å². The van der Waals surface area contributed by atoms with E-state index >= 15 is 0 Å². The van der Waals surface area contributed by atoms with Gasteiger partial charge in [0.25, 0.3) is 0 Å². The number of carbonyl (C=O) groups is 1. The van der Waals surface area contributed by atoms with Crippen LogP contribution in [0.1, 0.15) is 35.7 Å². The Kier molecular flexibility index (Phi) is 3.82. The summed E-state index contributed by atoms with van der Waals surface area (Å²) in [5.41, 5.74) is 3.58. The summed E-state index contributed by atoms with van der Waals surface area (Å²) in [6.07, 6.45) is 4.72. The molecule has 21 heavy (non-hydrogen) atoms. The van der Waals surface area contributed by atoms with Gasteiger partial charge in [-0.2, -0.15) is 0 Å². The number of hydrogen-bond donors (Lipinski definition) is 0. The van der Waals surface area contributed by atoms with Crippen molar-refractivity contribution in [3.63, 3.8) is 0 Å². The van der Waals surface area contributed by atoms with Crippen LogP contribution in [0.5, 0.6) is 0 Å². The highest BCUT2D eigenvalue weighted by molar-refractivity contribution is 5.79. The van der Waals surface area contributed by atoms with E-state index in [1.54, 1.807) is 0 Å². The van der Waals surface area contributed by atoms with Crippen molar-refractivity contribution in [2.75, 3.05) is 6.54 Å². The molecular formula is C18H22N2O. The summed E-state index contributed by atoms with van der Waals surface area (Å²) in [6.45, 7) is 2.95. The van der Waals surface area contributed by atoms with E-state index in [2.05, 4.69) is 53.9 Å². The van der Waals surface area contributed by atoms with Crippen molar-refractivity contribution >= 4 is 5.91 Å². The highest BCUT2D eigenvalue weighted by atomic mass is 16.2. The van der Waals surface area contributed by atoms with E-state index in [9.17, 15) is 4.79 Å². The molecule has 1 amide bonds. The predicted octanol–water partition coefficient (Wildman–Crippen LogP) is 3.24. The van der Waals surface area contributed by atoms with Gasteiger partial charge in [0.05, 0.1) is 12.5 Å². The Morgan fingerprint density at radius 2 is 2.05 bits per heavy atom. The average molecular weight is 282 g/mol. The lowest BCUT2D eigenvalue weighted by molar-refractivity contribution is -0.131. The van der Waals surface area contributed by atoms with E-state index in [0.717, 1.165) is 24.9 Å². The van der Waals surface area contributed by atoms with Crippen LogP contribution in [-0.2, 0) is 18.3 Å². The van der Waals surface area contributed by atoms with E-state index in [4.69, 9.17) is 0 Å². The summed E-state index contributed by atoms with van der Waals surface area (Å²) in [5.74, 6) is 0.244. The van der Waals surface area contributed by atoms with Gasteiger partial charge in [-0.15, -0.1) is 0 Å². The maximum atomic E-state index is 12.7. The van der Waals surface area contributed by atoms with Crippen molar-refractivity contribution in [1.29, 1.82) is 0 Å². The van der Waals surface area contributed by atoms with Crippen LogP contribution >= 0.6 is 0 Å². The molecule has 1 aromatic heterocycles. The van der Waals surface area contributed by atoms with Gasteiger partial charge in [0.15, 0.2) is 0 Å². The van der Waals surface area contributed by atoms with Gasteiger partial charge in [-0.25, -0.2) is 0 Å². The Morgan fingerprint density at radius 1 is 1.24 bits per heavy atom. The van der Waals surface area contributed by atoms with Gasteiger partial charge in [-0.05, 0) is 43.0 Å². The van der Waals surface area contributed by atoms with Gasteiger partial charge in [-0.1, -0.05) is 24.3 Å². The van der Waals surface area contributed by atoms with Crippen molar-refractivity contribution in [3.05, 3.63) is 59.4 Å². The van der Waals surface area contributed by atoms with Gasteiger partial charge < -0.3 is 9.47 Å². The number of rotatable bonds is 3. The first-order valence-electron chi connectivity index (χ1n) is 7.62. The Labute approximate surface area is 126 Å². The van der Waals surface area contributed by atoms with E-state index in [1.165, 1.54) is 11.3 Å². The Hall–Kier alpha value is -2.03. The standard InChI is InChI=1S/C18H22N2O/c1-14-7-3-4-8-15(14)13-18(21)20-12-6-10-17(20)16-9-5-11-19(16)2/h3-5,7-9,11,17H,6,10,12-13H2,1-2H3. The zero-order valence-corrected chi connectivity index (χ0v) is 12.7. The van der Waals surface area contributed by atoms with E-state index in [-0.39, 0.29) is 11.9 Å². The molecule has 3 nitrogen and oxygen atoms in total. The third kappa shape index (κ3) is 2.73. The molecule has 1 aliphatic rings. The average Bonchev–Trinajstić information content (AvgIpc) is 3.09. The monoisotopic (exact) mass is 282 g/mol. The molecule has 1 fully saturated rings. The van der Waals surface area contributed by atoms with Crippen molar-refractivity contribution < 1.29 is 4.79 Å². The lowest BCUT2D eigenvalue weighted by Gasteiger charge is -2.25. The second-order valence-electron chi connectivity index (χ2n) is 5.89. The molecule has 1 saturated heterocycles. The van der Waals surface area contributed by atoms with Crippen LogP contribution in [-0.4, -0.2) is 21.9 Å². The Balaban J connectivity index is 1.78. The molecule has 1 unspecified atom stereocenters. The molecule has 1 aromatic carbocycles. The summed E-state index contributed by atoms with van der Waals surface area (Å²) < 4.78 is 2.13. The number of likely N-dealkylation sites (tertiary alicyclic amines) is 1. The van der Waals surface area contributed by atoms with Crippen LogP contribution in [0.25, 0.3) is 0 Å². The number of carbonyl (C=O) groups excluding carboxylic acids is 1. The molecule has 110 valence electrons. The lowest BCUT2D eigenvalue weighted by atomic mass is 10.0. The molecule has 2 aromatic rings. The molecule has 0 aliphatic carbocycles. The smallest absolute Gasteiger partial charge is 0.227 e. The Morgan fingerprint density at radius 3 is 2.76 bits per heavy atom. The van der Waals surface area contributed by atoms with Crippen LogP contribution in [0.4, 0.5) is 0 Å². The normalized spacial score (nSPS) is 18.2. The third-order valence-electron chi connectivity index (χ3n) is 4.50. The first-order valence-corrected chi connectivity index (χ1v) is 7.62. The van der Waals surface area contributed by atoms with Crippen LogP contribution in [0.2, 0.25) is 0 Å². The van der Waals surface area contributed by atoms with Crippen LogP contribution in [0.15, 0.2) is 42.6 Å². The second-order valence-corrected chi connectivity index (χ2v) is 5.89. The summed E-state index contributed by atoms with van der Waals surface area (Å²) in [4.78, 5) is 14.8. The van der Waals surface area contributed by atoms with Gasteiger partial charge in [-0.3, -0.25) is 4.79 Å². The fourth-order valence-electron chi connectivity index (χ4n) is 3.27. The zero-order chi connectivity index (χ0) is 14.8. The van der Waals surface area contributed by atoms with Crippen LogP contribution in [0, 0.1) is 6.92 Å².